The van der Waals surface area contributed by atoms with Gasteiger partial charge in [-0.3, -0.25) is 5.10 Å². The number of nitrogens with zero attached hydrogens (tertiary/aromatic N) is 5. The Balaban J connectivity index is 1.74. The molecule has 4 aromatic rings. The Kier molecular flexibility index (Phi) is 2.82. The van der Waals surface area contributed by atoms with Crippen LogP contribution in [0, 0.1) is 0 Å². The fraction of sp³-hybridized carbons (Fsp3) is 0.0667. The van der Waals surface area contributed by atoms with Crippen LogP contribution in [0.25, 0.3) is 17.0 Å². The maximum atomic E-state index is 9.34. The van der Waals surface area contributed by atoms with E-state index < -0.39 is 0 Å². The fourth-order valence-corrected chi connectivity index (χ4v) is 2.28. The molecule has 4 rings (SSSR count). The molecule has 0 aliphatic rings. The molecule has 7 nitrogen and oxygen atoms in total. The summed E-state index contributed by atoms with van der Waals surface area (Å²) in [6.07, 6.45) is 2.27. The molecular formula is C15H12N6O. The number of hydrogen-bond acceptors (Lipinski definition) is 5. The third-order valence-electron chi connectivity index (χ3n) is 3.40. The molecule has 0 atom stereocenters. The zero-order chi connectivity index (χ0) is 14.9. The van der Waals surface area contributed by atoms with E-state index in [1.54, 1.807) is 22.8 Å². The number of rotatable bonds is 3. The standard InChI is InChI=1S/C15H12N6O/c22-11-3-1-10(2-4-11)9-15-19-18-14-6-5-13(20-21(14)15)12-7-8-16-17-12/h1-8,22H,9H2,(H,16,17). The molecule has 22 heavy (non-hydrogen) atoms. The average molecular weight is 292 g/mol. The first kappa shape index (κ1) is 12.5. The van der Waals surface area contributed by atoms with Crippen LogP contribution in [0.5, 0.6) is 5.75 Å². The number of nitrogens with one attached hydrogen (secondary N) is 1. The van der Waals surface area contributed by atoms with E-state index in [9.17, 15) is 5.11 Å². The van der Waals surface area contributed by atoms with Gasteiger partial charge in [-0.25, -0.2) is 0 Å². The number of aromatic hydroxyl groups is 1. The van der Waals surface area contributed by atoms with Crippen LogP contribution >= 0.6 is 0 Å². The van der Waals surface area contributed by atoms with Gasteiger partial charge in [0, 0.05) is 12.6 Å². The highest BCUT2D eigenvalue weighted by atomic mass is 16.3. The van der Waals surface area contributed by atoms with Crippen LogP contribution in [-0.2, 0) is 6.42 Å². The Morgan fingerprint density at radius 3 is 2.64 bits per heavy atom. The number of fused-ring (bicyclic) bond motifs is 1. The number of benzene rings is 1. The first-order chi connectivity index (χ1) is 10.8. The van der Waals surface area contributed by atoms with Crippen molar-refractivity contribution >= 4 is 5.65 Å². The molecule has 0 aliphatic heterocycles. The zero-order valence-electron chi connectivity index (χ0n) is 11.5. The van der Waals surface area contributed by atoms with Gasteiger partial charge >= 0.3 is 0 Å². The maximum Gasteiger partial charge on any atom is 0.177 e. The van der Waals surface area contributed by atoms with E-state index in [4.69, 9.17) is 0 Å². The van der Waals surface area contributed by atoms with Crippen LogP contribution in [0.15, 0.2) is 48.7 Å². The highest BCUT2D eigenvalue weighted by molar-refractivity contribution is 5.55. The fourth-order valence-electron chi connectivity index (χ4n) is 2.28. The van der Waals surface area contributed by atoms with Gasteiger partial charge in [-0.05, 0) is 35.9 Å². The van der Waals surface area contributed by atoms with Crippen LogP contribution in [-0.4, -0.2) is 35.1 Å². The van der Waals surface area contributed by atoms with Gasteiger partial charge in [-0.15, -0.1) is 10.2 Å². The van der Waals surface area contributed by atoms with Crippen molar-refractivity contribution in [2.45, 2.75) is 6.42 Å². The second-order valence-corrected chi connectivity index (χ2v) is 4.92. The lowest BCUT2D eigenvalue weighted by atomic mass is 10.1. The van der Waals surface area contributed by atoms with E-state index in [0.29, 0.717) is 12.1 Å². The molecule has 0 radical (unpaired) electrons. The van der Waals surface area contributed by atoms with E-state index in [-0.39, 0.29) is 5.75 Å². The second kappa shape index (κ2) is 4.96. The van der Waals surface area contributed by atoms with E-state index in [0.717, 1.165) is 22.8 Å². The monoisotopic (exact) mass is 292 g/mol. The summed E-state index contributed by atoms with van der Waals surface area (Å²) >= 11 is 0. The first-order valence-corrected chi connectivity index (χ1v) is 6.78. The number of phenolic OH excluding ortho intramolecular Hbond substituents is 1. The van der Waals surface area contributed by atoms with E-state index in [2.05, 4.69) is 25.5 Å². The van der Waals surface area contributed by atoms with E-state index in [1.807, 2.05) is 30.3 Å². The van der Waals surface area contributed by atoms with Crippen LogP contribution in [0.4, 0.5) is 0 Å². The molecule has 7 heteroatoms. The molecule has 0 fully saturated rings. The highest BCUT2D eigenvalue weighted by Gasteiger charge is 2.10. The summed E-state index contributed by atoms with van der Waals surface area (Å²) in [5, 5.41) is 29.1. The van der Waals surface area contributed by atoms with E-state index in [1.165, 1.54) is 0 Å². The van der Waals surface area contributed by atoms with Gasteiger partial charge in [-0.1, -0.05) is 12.1 Å². The Bertz CT molecular complexity index is 911. The highest BCUT2D eigenvalue weighted by Crippen LogP contribution is 2.16. The molecule has 3 aromatic heterocycles. The van der Waals surface area contributed by atoms with Crippen molar-refractivity contribution in [3.63, 3.8) is 0 Å². The normalized spacial score (nSPS) is 11.1. The second-order valence-electron chi connectivity index (χ2n) is 4.92. The Hall–Kier alpha value is -3.22. The molecule has 0 bridgehead atoms. The molecule has 1 aromatic carbocycles. The van der Waals surface area contributed by atoms with Gasteiger partial charge in [0.2, 0.25) is 0 Å². The SMILES string of the molecule is Oc1ccc(Cc2nnc3ccc(-c4ccn[nH]4)nn23)cc1. The van der Waals surface area contributed by atoms with Crippen LogP contribution in [0.3, 0.4) is 0 Å². The molecule has 0 spiro atoms. The quantitative estimate of drug-likeness (QED) is 0.601. The average Bonchev–Trinajstić information content (AvgIpc) is 3.19. The van der Waals surface area contributed by atoms with Crippen LogP contribution in [0.2, 0.25) is 0 Å². The molecule has 0 amide bonds. The predicted molar refractivity (Wildman–Crippen MR) is 79.3 cm³/mol. The largest absolute Gasteiger partial charge is 0.508 e. The number of hydrogen-bond donors (Lipinski definition) is 2. The van der Waals surface area contributed by atoms with Crippen molar-refractivity contribution in [3.05, 3.63) is 60.0 Å². The van der Waals surface area contributed by atoms with Gasteiger partial charge in [0.1, 0.15) is 11.4 Å². The minimum absolute atomic E-state index is 0.245. The van der Waals surface area contributed by atoms with Gasteiger partial charge in [0.25, 0.3) is 0 Å². The molecule has 0 aliphatic carbocycles. The summed E-state index contributed by atoms with van der Waals surface area (Å²) in [7, 11) is 0. The third-order valence-corrected chi connectivity index (χ3v) is 3.40. The van der Waals surface area contributed by atoms with Crippen molar-refractivity contribution < 1.29 is 5.11 Å². The minimum atomic E-state index is 0.245. The van der Waals surface area contributed by atoms with Gasteiger partial charge in [-0.2, -0.15) is 14.7 Å². The number of aromatic nitrogens is 6. The molecule has 0 saturated heterocycles. The topological polar surface area (TPSA) is 92.0 Å². The van der Waals surface area contributed by atoms with E-state index >= 15 is 0 Å². The van der Waals surface area contributed by atoms with Crippen LogP contribution in [0.1, 0.15) is 11.4 Å². The summed E-state index contributed by atoms with van der Waals surface area (Å²) in [4.78, 5) is 0. The third kappa shape index (κ3) is 2.18. The van der Waals surface area contributed by atoms with Crippen molar-refractivity contribution in [1.29, 1.82) is 0 Å². The molecule has 3 heterocycles. The number of phenols is 1. The smallest absolute Gasteiger partial charge is 0.177 e. The van der Waals surface area contributed by atoms with Crippen molar-refractivity contribution in [2.24, 2.45) is 0 Å². The molecular weight excluding hydrogens is 280 g/mol. The lowest BCUT2D eigenvalue weighted by Gasteiger charge is -2.02. The summed E-state index contributed by atoms with van der Waals surface area (Å²) < 4.78 is 1.73. The molecule has 0 saturated carbocycles. The number of aromatic amines is 1. The molecule has 108 valence electrons. The Morgan fingerprint density at radius 1 is 1.00 bits per heavy atom. The van der Waals surface area contributed by atoms with Crippen molar-refractivity contribution in [1.82, 2.24) is 30.0 Å². The molecule has 2 N–H and O–H groups in total. The summed E-state index contributed by atoms with van der Waals surface area (Å²) in [5.74, 6) is 0.983. The van der Waals surface area contributed by atoms with Crippen molar-refractivity contribution in [2.75, 3.05) is 0 Å². The summed E-state index contributed by atoms with van der Waals surface area (Å²) in [5.41, 5.74) is 3.33. The van der Waals surface area contributed by atoms with Gasteiger partial charge in [0.05, 0.1) is 5.69 Å². The Labute approximate surface area is 125 Å². The number of H-pyrrole nitrogens is 1. The molecule has 0 unspecified atom stereocenters. The summed E-state index contributed by atoms with van der Waals surface area (Å²) in [6, 6.07) is 12.6. The van der Waals surface area contributed by atoms with Crippen LogP contribution < -0.4 is 0 Å². The zero-order valence-corrected chi connectivity index (χ0v) is 11.5. The predicted octanol–water partition coefficient (Wildman–Crippen LogP) is 1.81. The summed E-state index contributed by atoms with van der Waals surface area (Å²) in [6.45, 7) is 0. The lowest BCUT2D eigenvalue weighted by molar-refractivity contribution is 0.475. The first-order valence-electron chi connectivity index (χ1n) is 6.78. The maximum absolute atomic E-state index is 9.34. The lowest BCUT2D eigenvalue weighted by Crippen LogP contribution is -2.01. The van der Waals surface area contributed by atoms with Gasteiger partial charge in [0.15, 0.2) is 11.5 Å². The minimum Gasteiger partial charge on any atom is -0.508 e. The van der Waals surface area contributed by atoms with Gasteiger partial charge < -0.3 is 5.11 Å². The van der Waals surface area contributed by atoms with Crippen molar-refractivity contribution in [3.8, 4) is 17.1 Å². The Morgan fingerprint density at radius 2 is 1.86 bits per heavy atom.